The summed E-state index contributed by atoms with van der Waals surface area (Å²) in [5, 5.41) is 13.0. The smallest absolute Gasteiger partial charge is 0.303 e. The SMILES string of the molecule is CCCCCC(=O)N/N=C1\CCCC1CCCCCCC(=O)O. The van der Waals surface area contributed by atoms with Crippen molar-refractivity contribution < 1.29 is 14.7 Å². The first-order valence-corrected chi connectivity index (χ1v) is 9.20. The summed E-state index contributed by atoms with van der Waals surface area (Å²) in [4.78, 5) is 22.1. The second kappa shape index (κ2) is 12.1. The Balaban J connectivity index is 2.18. The summed E-state index contributed by atoms with van der Waals surface area (Å²) in [6.07, 6.45) is 12.4. The molecule has 5 nitrogen and oxygen atoms in total. The number of amides is 1. The number of hydrazone groups is 1. The van der Waals surface area contributed by atoms with E-state index in [1.165, 1.54) is 6.42 Å². The number of rotatable bonds is 12. The van der Waals surface area contributed by atoms with E-state index in [0.717, 1.165) is 69.9 Å². The molecule has 0 aromatic carbocycles. The lowest BCUT2D eigenvalue weighted by Crippen LogP contribution is -2.20. The van der Waals surface area contributed by atoms with E-state index in [0.29, 0.717) is 12.3 Å². The van der Waals surface area contributed by atoms with Gasteiger partial charge in [-0.3, -0.25) is 9.59 Å². The average molecular weight is 324 g/mol. The zero-order valence-corrected chi connectivity index (χ0v) is 14.5. The van der Waals surface area contributed by atoms with Gasteiger partial charge in [-0.2, -0.15) is 5.10 Å². The lowest BCUT2D eigenvalue weighted by molar-refractivity contribution is -0.137. The maximum absolute atomic E-state index is 11.7. The maximum Gasteiger partial charge on any atom is 0.303 e. The van der Waals surface area contributed by atoms with Crippen molar-refractivity contribution in [1.29, 1.82) is 0 Å². The molecule has 1 saturated carbocycles. The molecule has 0 aromatic heterocycles. The number of carbonyl (C=O) groups is 2. The molecule has 0 saturated heterocycles. The van der Waals surface area contributed by atoms with Crippen LogP contribution in [0.15, 0.2) is 5.10 Å². The second-order valence-corrected chi connectivity index (χ2v) is 6.53. The first-order valence-electron chi connectivity index (χ1n) is 9.20. The zero-order chi connectivity index (χ0) is 16.9. The molecule has 1 aliphatic carbocycles. The van der Waals surface area contributed by atoms with Gasteiger partial charge in [0, 0.05) is 18.6 Å². The second-order valence-electron chi connectivity index (χ2n) is 6.53. The van der Waals surface area contributed by atoms with Gasteiger partial charge < -0.3 is 5.11 Å². The highest BCUT2D eigenvalue weighted by molar-refractivity contribution is 5.89. The maximum atomic E-state index is 11.7. The zero-order valence-electron chi connectivity index (χ0n) is 14.5. The minimum atomic E-state index is -0.704. The van der Waals surface area contributed by atoms with Crippen LogP contribution in [0, 0.1) is 5.92 Å². The topological polar surface area (TPSA) is 78.8 Å². The van der Waals surface area contributed by atoms with Gasteiger partial charge in [0.2, 0.25) is 5.91 Å². The largest absolute Gasteiger partial charge is 0.481 e. The molecule has 0 spiro atoms. The Bertz CT molecular complexity index is 394. The van der Waals surface area contributed by atoms with Crippen LogP contribution in [-0.4, -0.2) is 22.7 Å². The summed E-state index contributed by atoms with van der Waals surface area (Å²) in [7, 11) is 0. The van der Waals surface area contributed by atoms with Gasteiger partial charge >= 0.3 is 5.97 Å². The summed E-state index contributed by atoms with van der Waals surface area (Å²) in [5.41, 5.74) is 3.87. The molecular formula is C18H32N2O3. The molecule has 0 bridgehead atoms. The highest BCUT2D eigenvalue weighted by atomic mass is 16.4. The highest BCUT2D eigenvalue weighted by Crippen LogP contribution is 2.27. The molecule has 1 amide bonds. The fourth-order valence-corrected chi connectivity index (χ4v) is 3.10. The van der Waals surface area contributed by atoms with E-state index in [1.54, 1.807) is 0 Å². The van der Waals surface area contributed by atoms with Crippen LogP contribution < -0.4 is 5.43 Å². The first-order chi connectivity index (χ1) is 11.1. The number of nitrogens with zero attached hydrogens (tertiary/aromatic N) is 1. The Morgan fingerprint density at radius 2 is 1.87 bits per heavy atom. The molecule has 2 N–H and O–H groups in total. The fraction of sp³-hybridized carbons (Fsp3) is 0.833. The molecule has 0 aromatic rings. The third-order valence-electron chi connectivity index (χ3n) is 4.48. The predicted molar refractivity (Wildman–Crippen MR) is 92.4 cm³/mol. The van der Waals surface area contributed by atoms with Crippen molar-refractivity contribution >= 4 is 17.6 Å². The lowest BCUT2D eigenvalue weighted by atomic mass is 9.98. The van der Waals surface area contributed by atoms with Crippen molar-refractivity contribution in [3.05, 3.63) is 0 Å². The van der Waals surface area contributed by atoms with Gasteiger partial charge in [0.05, 0.1) is 0 Å². The van der Waals surface area contributed by atoms with Crippen LogP contribution in [0.5, 0.6) is 0 Å². The van der Waals surface area contributed by atoms with Crippen molar-refractivity contribution in [2.75, 3.05) is 0 Å². The first kappa shape index (κ1) is 19.7. The number of aliphatic carboxylic acids is 1. The molecule has 1 rings (SSSR count). The summed E-state index contributed by atoms with van der Waals surface area (Å²) in [6.45, 7) is 2.13. The molecular weight excluding hydrogens is 292 g/mol. The molecule has 5 heteroatoms. The summed E-state index contributed by atoms with van der Waals surface area (Å²) in [5.74, 6) is -0.166. The van der Waals surface area contributed by atoms with Crippen molar-refractivity contribution in [2.24, 2.45) is 11.0 Å². The van der Waals surface area contributed by atoms with Gasteiger partial charge in [0.15, 0.2) is 0 Å². The van der Waals surface area contributed by atoms with Gasteiger partial charge in [-0.05, 0) is 44.4 Å². The van der Waals surface area contributed by atoms with Crippen molar-refractivity contribution in [1.82, 2.24) is 5.43 Å². The number of carboxylic acids is 1. The van der Waals surface area contributed by atoms with Gasteiger partial charge in [-0.25, -0.2) is 5.43 Å². The highest BCUT2D eigenvalue weighted by Gasteiger charge is 2.22. The normalized spacial score (nSPS) is 19.2. The van der Waals surface area contributed by atoms with E-state index in [9.17, 15) is 9.59 Å². The Labute approximate surface area is 139 Å². The molecule has 132 valence electrons. The number of carboxylic acid groups (broad SMARTS) is 1. The third kappa shape index (κ3) is 9.36. The minimum absolute atomic E-state index is 0.0327. The van der Waals surface area contributed by atoms with Crippen molar-refractivity contribution in [3.8, 4) is 0 Å². The van der Waals surface area contributed by atoms with Crippen molar-refractivity contribution in [2.45, 2.75) is 90.4 Å². The van der Waals surface area contributed by atoms with Gasteiger partial charge in [0.25, 0.3) is 0 Å². The molecule has 1 aliphatic rings. The number of unbranched alkanes of at least 4 members (excludes halogenated alkanes) is 5. The Hall–Kier alpha value is -1.39. The van der Waals surface area contributed by atoms with Crippen LogP contribution in [0.3, 0.4) is 0 Å². The molecule has 0 radical (unpaired) electrons. The van der Waals surface area contributed by atoms with Crippen LogP contribution >= 0.6 is 0 Å². The molecule has 23 heavy (non-hydrogen) atoms. The minimum Gasteiger partial charge on any atom is -0.481 e. The quantitative estimate of drug-likeness (QED) is 0.416. The van der Waals surface area contributed by atoms with Crippen LogP contribution in [0.1, 0.15) is 90.4 Å². The van der Waals surface area contributed by atoms with Crippen LogP contribution in [0.4, 0.5) is 0 Å². The summed E-state index contributed by atoms with van der Waals surface area (Å²) in [6, 6.07) is 0. The number of hydrogen-bond donors (Lipinski definition) is 2. The van der Waals surface area contributed by atoms with Crippen LogP contribution in [0.2, 0.25) is 0 Å². The average Bonchev–Trinajstić information content (AvgIpc) is 2.96. The predicted octanol–water partition coefficient (Wildman–Crippen LogP) is 4.26. The lowest BCUT2D eigenvalue weighted by Gasteiger charge is -2.11. The standard InChI is InChI=1S/C18H32N2O3/c1-2-3-6-13-17(21)20-19-16-12-9-11-15(16)10-7-4-5-8-14-18(22)23/h15H,2-14H2,1H3,(H,20,21)(H,22,23)/b19-16+. The molecule has 1 atom stereocenters. The van der Waals surface area contributed by atoms with E-state index in [2.05, 4.69) is 17.5 Å². The van der Waals surface area contributed by atoms with E-state index in [1.807, 2.05) is 0 Å². The van der Waals surface area contributed by atoms with E-state index in [-0.39, 0.29) is 12.3 Å². The van der Waals surface area contributed by atoms with Crippen LogP contribution in [0.25, 0.3) is 0 Å². The van der Waals surface area contributed by atoms with E-state index < -0.39 is 5.97 Å². The Morgan fingerprint density at radius 1 is 1.13 bits per heavy atom. The Morgan fingerprint density at radius 3 is 2.61 bits per heavy atom. The fourth-order valence-electron chi connectivity index (χ4n) is 3.10. The summed E-state index contributed by atoms with van der Waals surface area (Å²) < 4.78 is 0. The van der Waals surface area contributed by atoms with Gasteiger partial charge in [-0.15, -0.1) is 0 Å². The molecule has 0 aliphatic heterocycles. The monoisotopic (exact) mass is 324 g/mol. The van der Waals surface area contributed by atoms with Crippen LogP contribution in [-0.2, 0) is 9.59 Å². The molecule has 1 fully saturated rings. The Kier molecular flexibility index (Phi) is 10.3. The number of carbonyl (C=O) groups excluding carboxylic acids is 1. The van der Waals surface area contributed by atoms with E-state index >= 15 is 0 Å². The molecule has 0 heterocycles. The molecule has 1 unspecified atom stereocenters. The summed E-state index contributed by atoms with van der Waals surface area (Å²) >= 11 is 0. The van der Waals surface area contributed by atoms with E-state index in [4.69, 9.17) is 5.11 Å². The number of hydrogen-bond acceptors (Lipinski definition) is 3. The number of nitrogens with one attached hydrogen (secondary N) is 1. The third-order valence-corrected chi connectivity index (χ3v) is 4.48. The van der Waals surface area contributed by atoms with Crippen molar-refractivity contribution in [3.63, 3.8) is 0 Å². The van der Waals surface area contributed by atoms with Gasteiger partial charge in [0.1, 0.15) is 0 Å². The van der Waals surface area contributed by atoms with Gasteiger partial charge in [-0.1, -0.05) is 39.0 Å².